The van der Waals surface area contributed by atoms with E-state index in [1.165, 1.54) is 38.5 Å². The Balaban J connectivity index is 1.29. The fourth-order valence-electron chi connectivity index (χ4n) is 9.30. The zero-order valence-corrected chi connectivity index (χ0v) is 21.5. The summed E-state index contributed by atoms with van der Waals surface area (Å²) in [7, 11) is 1.95. The van der Waals surface area contributed by atoms with E-state index < -0.39 is 0 Å². The molecule has 4 nitrogen and oxygen atoms in total. The van der Waals surface area contributed by atoms with Crippen LogP contribution in [0.4, 0.5) is 0 Å². The molecule has 4 heteroatoms. The van der Waals surface area contributed by atoms with Crippen LogP contribution in [0.15, 0.2) is 22.9 Å². The SMILES string of the molecule is CC1=C2CC3C(CCC4=CN(C)C(=O)CCC43C)C2CCC2(C1)OC1CC(C)CNC1C2C. The highest BCUT2D eigenvalue weighted by atomic mass is 16.5. The van der Waals surface area contributed by atoms with Crippen LogP contribution in [0, 0.1) is 35.0 Å². The lowest BCUT2D eigenvalue weighted by Gasteiger charge is -2.46. The maximum atomic E-state index is 12.5. The second kappa shape index (κ2) is 7.68. The Morgan fingerprint density at radius 2 is 2.00 bits per heavy atom. The van der Waals surface area contributed by atoms with E-state index in [-0.39, 0.29) is 16.9 Å². The van der Waals surface area contributed by atoms with Crippen LogP contribution in [0.2, 0.25) is 0 Å². The Bertz CT molecular complexity index is 907. The van der Waals surface area contributed by atoms with Crippen molar-refractivity contribution in [3.05, 3.63) is 22.9 Å². The Hall–Kier alpha value is -1.13. The molecular formula is C29H44N2O2. The van der Waals surface area contributed by atoms with Crippen LogP contribution in [0.25, 0.3) is 0 Å². The van der Waals surface area contributed by atoms with Gasteiger partial charge < -0.3 is 15.0 Å². The van der Waals surface area contributed by atoms with Crippen LogP contribution < -0.4 is 5.32 Å². The van der Waals surface area contributed by atoms with E-state index in [0.717, 1.165) is 37.1 Å². The molecule has 9 unspecified atom stereocenters. The zero-order chi connectivity index (χ0) is 23.1. The molecule has 0 aromatic rings. The first-order valence-corrected chi connectivity index (χ1v) is 13.8. The highest BCUT2D eigenvalue weighted by molar-refractivity contribution is 5.77. The Morgan fingerprint density at radius 1 is 1.18 bits per heavy atom. The van der Waals surface area contributed by atoms with Gasteiger partial charge in [0.05, 0.1) is 11.7 Å². The molecule has 1 amide bonds. The van der Waals surface area contributed by atoms with Gasteiger partial charge in [-0.1, -0.05) is 31.9 Å². The molecule has 1 N–H and O–H groups in total. The molecule has 3 heterocycles. The number of ether oxygens (including phenoxy) is 1. The van der Waals surface area contributed by atoms with Crippen molar-refractivity contribution < 1.29 is 9.53 Å². The van der Waals surface area contributed by atoms with Crippen LogP contribution in [0.5, 0.6) is 0 Å². The molecule has 0 aromatic heterocycles. The van der Waals surface area contributed by atoms with Crippen molar-refractivity contribution in [2.45, 2.75) is 103 Å². The number of hydrogen-bond donors (Lipinski definition) is 1. The summed E-state index contributed by atoms with van der Waals surface area (Å²) < 4.78 is 7.03. The van der Waals surface area contributed by atoms with E-state index in [1.54, 1.807) is 16.7 Å². The summed E-state index contributed by atoms with van der Waals surface area (Å²) in [5.41, 5.74) is 5.18. The second-order valence-corrected chi connectivity index (χ2v) is 13.0. The molecule has 33 heavy (non-hydrogen) atoms. The summed E-state index contributed by atoms with van der Waals surface area (Å²) >= 11 is 0. The first-order valence-electron chi connectivity index (χ1n) is 13.8. The van der Waals surface area contributed by atoms with Gasteiger partial charge in [0, 0.05) is 31.6 Å². The molecule has 9 atom stereocenters. The number of carbonyl (C=O) groups is 1. The molecule has 0 radical (unpaired) electrons. The average Bonchev–Trinajstić information content (AvgIpc) is 3.19. The molecule has 3 aliphatic carbocycles. The van der Waals surface area contributed by atoms with Crippen LogP contribution in [0.1, 0.15) is 85.5 Å². The fraction of sp³-hybridized carbons (Fsp3) is 0.828. The highest BCUT2D eigenvalue weighted by Gasteiger charge is 2.58. The topological polar surface area (TPSA) is 41.6 Å². The van der Waals surface area contributed by atoms with Crippen LogP contribution >= 0.6 is 0 Å². The summed E-state index contributed by atoms with van der Waals surface area (Å²) in [4.78, 5) is 14.4. The van der Waals surface area contributed by atoms with E-state index in [2.05, 4.69) is 39.2 Å². The third kappa shape index (κ3) is 3.26. The number of hydrogen-bond acceptors (Lipinski definition) is 3. The molecule has 3 aliphatic heterocycles. The van der Waals surface area contributed by atoms with Crippen LogP contribution in [-0.2, 0) is 9.53 Å². The minimum atomic E-state index is 0.0321. The quantitative estimate of drug-likeness (QED) is 0.497. The molecule has 6 rings (SSSR count). The average molecular weight is 453 g/mol. The van der Waals surface area contributed by atoms with Crippen molar-refractivity contribution in [3.8, 4) is 0 Å². The van der Waals surface area contributed by atoms with E-state index >= 15 is 0 Å². The largest absolute Gasteiger partial charge is 0.369 e. The van der Waals surface area contributed by atoms with Crippen molar-refractivity contribution in [2.75, 3.05) is 13.6 Å². The lowest BCUT2D eigenvalue weighted by molar-refractivity contribution is -0.127. The maximum Gasteiger partial charge on any atom is 0.226 e. The normalized spacial score (nSPS) is 49.7. The first kappa shape index (κ1) is 22.3. The Kier molecular flexibility index (Phi) is 5.20. The third-order valence-electron chi connectivity index (χ3n) is 11.3. The van der Waals surface area contributed by atoms with Gasteiger partial charge in [0.15, 0.2) is 0 Å². The number of nitrogens with one attached hydrogen (secondary N) is 1. The van der Waals surface area contributed by atoms with Crippen LogP contribution in [-0.4, -0.2) is 42.1 Å². The van der Waals surface area contributed by atoms with Gasteiger partial charge in [-0.25, -0.2) is 0 Å². The summed E-state index contributed by atoms with van der Waals surface area (Å²) in [5.74, 6) is 3.80. The van der Waals surface area contributed by atoms with Gasteiger partial charge >= 0.3 is 0 Å². The minimum absolute atomic E-state index is 0.0321. The molecule has 2 saturated carbocycles. The maximum absolute atomic E-state index is 12.5. The van der Waals surface area contributed by atoms with Gasteiger partial charge in [-0.3, -0.25) is 4.79 Å². The Labute approximate surface area is 200 Å². The standard InChI is InChI=1S/C29H44N2O2/c1-17-12-25-27(30-15-17)19(3)29(33-25)11-8-21-22-7-6-20-16-31(5)26(32)9-10-28(20,4)24(22)13-23(21)18(2)14-29/h16-17,19,21-22,24-25,27,30H,6-15H2,1-5H3. The predicted octanol–water partition coefficient (Wildman–Crippen LogP) is 5.45. The lowest BCUT2D eigenvalue weighted by atomic mass is 9.58. The predicted molar refractivity (Wildman–Crippen MR) is 131 cm³/mol. The molecule has 1 spiro atoms. The second-order valence-electron chi connectivity index (χ2n) is 13.0. The summed E-state index contributed by atoms with van der Waals surface area (Å²) in [6.45, 7) is 10.9. The van der Waals surface area contributed by atoms with E-state index in [0.29, 0.717) is 30.4 Å². The molecule has 182 valence electrons. The van der Waals surface area contributed by atoms with Crippen molar-refractivity contribution in [1.82, 2.24) is 10.2 Å². The van der Waals surface area contributed by atoms with E-state index in [4.69, 9.17) is 4.74 Å². The molecule has 6 aliphatic rings. The number of fused-ring (bicyclic) bond motifs is 6. The van der Waals surface area contributed by atoms with Crippen LogP contribution in [0.3, 0.4) is 0 Å². The lowest BCUT2D eigenvalue weighted by Crippen LogP contribution is -2.48. The number of nitrogens with zero attached hydrogens (tertiary/aromatic N) is 1. The number of allylic oxidation sites excluding steroid dienone is 2. The molecule has 0 aromatic carbocycles. The van der Waals surface area contributed by atoms with Crippen molar-refractivity contribution in [1.29, 1.82) is 0 Å². The van der Waals surface area contributed by atoms with Gasteiger partial charge in [-0.15, -0.1) is 0 Å². The van der Waals surface area contributed by atoms with Gasteiger partial charge in [0.25, 0.3) is 0 Å². The summed E-state index contributed by atoms with van der Waals surface area (Å²) in [6.07, 6.45) is 12.9. The van der Waals surface area contributed by atoms with Crippen molar-refractivity contribution >= 4 is 5.91 Å². The summed E-state index contributed by atoms with van der Waals surface area (Å²) in [6, 6.07) is 0.534. The zero-order valence-electron chi connectivity index (χ0n) is 21.5. The highest BCUT2D eigenvalue weighted by Crippen LogP contribution is 2.63. The number of amides is 1. The third-order valence-corrected chi connectivity index (χ3v) is 11.3. The van der Waals surface area contributed by atoms with Gasteiger partial charge in [0.2, 0.25) is 5.91 Å². The Morgan fingerprint density at radius 3 is 2.82 bits per heavy atom. The fourth-order valence-corrected chi connectivity index (χ4v) is 9.30. The van der Waals surface area contributed by atoms with Gasteiger partial charge in [0.1, 0.15) is 0 Å². The van der Waals surface area contributed by atoms with Crippen molar-refractivity contribution in [3.63, 3.8) is 0 Å². The van der Waals surface area contributed by atoms with Gasteiger partial charge in [-0.05, 0) is 99.5 Å². The smallest absolute Gasteiger partial charge is 0.226 e. The van der Waals surface area contributed by atoms with Crippen molar-refractivity contribution in [2.24, 2.45) is 35.0 Å². The number of rotatable bonds is 0. The number of piperidine rings is 1. The van der Waals surface area contributed by atoms with E-state index in [9.17, 15) is 4.79 Å². The first-order chi connectivity index (χ1) is 15.7. The van der Waals surface area contributed by atoms with Gasteiger partial charge in [-0.2, -0.15) is 0 Å². The molecule has 2 saturated heterocycles. The molecular weight excluding hydrogens is 408 g/mol. The molecule has 4 fully saturated rings. The van der Waals surface area contributed by atoms with E-state index in [1.807, 2.05) is 11.9 Å². The number of carbonyl (C=O) groups excluding carboxylic acids is 1. The molecule has 0 bridgehead atoms. The minimum Gasteiger partial charge on any atom is -0.369 e. The monoisotopic (exact) mass is 452 g/mol. The summed E-state index contributed by atoms with van der Waals surface area (Å²) in [5, 5.41) is 3.85.